The van der Waals surface area contributed by atoms with Crippen LogP contribution in [0.1, 0.15) is 33.6 Å². The summed E-state index contributed by atoms with van der Waals surface area (Å²) in [5.74, 6) is -0.392. The van der Waals surface area contributed by atoms with Gasteiger partial charge < -0.3 is 20.3 Å². The number of carbonyl (C=O) groups excluding carboxylic acids is 2. The lowest BCUT2D eigenvalue weighted by molar-refractivity contribution is -0.135. The molecule has 25 heavy (non-hydrogen) atoms. The van der Waals surface area contributed by atoms with Crippen LogP contribution < -0.4 is 15.5 Å². The Morgan fingerprint density at radius 2 is 1.72 bits per heavy atom. The number of hydrogen-bond acceptors (Lipinski definition) is 4. The zero-order valence-electron chi connectivity index (χ0n) is 15.2. The van der Waals surface area contributed by atoms with E-state index in [-0.39, 0.29) is 17.4 Å². The molecule has 1 aromatic carbocycles. The topological polar surface area (TPSA) is 70.7 Å². The number of rotatable bonds is 4. The summed E-state index contributed by atoms with van der Waals surface area (Å²) in [5.41, 5.74) is 0.458. The molecule has 1 aliphatic carbocycles. The third kappa shape index (κ3) is 3.95. The van der Waals surface area contributed by atoms with Gasteiger partial charge in [-0.25, -0.2) is 0 Å². The lowest BCUT2D eigenvalue weighted by Gasteiger charge is -2.31. The second-order valence-corrected chi connectivity index (χ2v) is 7.86. The zero-order valence-corrected chi connectivity index (χ0v) is 15.2. The van der Waals surface area contributed by atoms with Crippen molar-refractivity contribution in [3.05, 3.63) is 24.3 Å². The van der Waals surface area contributed by atoms with E-state index >= 15 is 0 Å². The molecule has 1 saturated heterocycles. The van der Waals surface area contributed by atoms with Gasteiger partial charge in [0.25, 0.3) is 0 Å². The fourth-order valence-corrected chi connectivity index (χ4v) is 3.04. The van der Waals surface area contributed by atoms with E-state index in [1.54, 1.807) is 0 Å². The Kier molecular flexibility index (Phi) is 4.73. The molecule has 0 unspecified atom stereocenters. The summed E-state index contributed by atoms with van der Waals surface area (Å²) in [7, 11) is 0. The van der Waals surface area contributed by atoms with Gasteiger partial charge in [-0.1, -0.05) is 12.1 Å². The van der Waals surface area contributed by atoms with Gasteiger partial charge in [-0.15, -0.1) is 0 Å². The van der Waals surface area contributed by atoms with Gasteiger partial charge in [-0.05, 0) is 45.7 Å². The molecule has 1 aliphatic heterocycles. The van der Waals surface area contributed by atoms with Gasteiger partial charge in [0.05, 0.1) is 24.6 Å². The van der Waals surface area contributed by atoms with Crippen molar-refractivity contribution in [2.75, 3.05) is 36.5 Å². The fourth-order valence-electron chi connectivity index (χ4n) is 3.04. The molecular formula is C19H27N3O3. The van der Waals surface area contributed by atoms with E-state index in [4.69, 9.17) is 4.74 Å². The summed E-state index contributed by atoms with van der Waals surface area (Å²) in [5, 5.41) is 5.93. The van der Waals surface area contributed by atoms with E-state index in [0.717, 1.165) is 24.5 Å². The Morgan fingerprint density at radius 3 is 2.32 bits per heavy atom. The quantitative estimate of drug-likeness (QED) is 0.821. The average Bonchev–Trinajstić information content (AvgIpc) is 3.36. The normalized spacial score (nSPS) is 19.2. The molecule has 0 bridgehead atoms. The van der Waals surface area contributed by atoms with Crippen LogP contribution in [0.4, 0.5) is 11.4 Å². The third-order valence-electron chi connectivity index (χ3n) is 4.61. The van der Waals surface area contributed by atoms with Crippen LogP contribution in [-0.2, 0) is 14.3 Å². The standard InChI is InChI=1S/C19H27N3O3/c1-18(2,3)21-17(24)19(8-9-19)16(23)20-14-6-4-5-7-15(14)22-10-12-25-13-11-22/h4-7H,8-13H2,1-3H3,(H,20,23)(H,21,24). The molecule has 6 heteroatoms. The summed E-state index contributed by atoms with van der Waals surface area (Å²) in [4.78, 5) is 27.6. The van der Waals surface area contributed by atoms with Crippen LogP contribution >= 0.6 is 0 Å². The number of carbonyl (C=O) groups is 2. The zero-order chi connectivity index (χ0) is 18.1. The first-order valence-corrected chi connectivity index (χ1v) is 8.88. The smallest absolute Gasteiger partial charge is 0.240 e. The van der Waals surface area contributed by atoms with Gasteiger partial charge in [-0.2, -0.15) is 0 Å². The van der Waals surface area contributed by atoms with Crippen molar-refractivity contribution in [3.8, 4) is 0 Å². The van der Waals surface area contributed by atoms with Crippen molar-refractivity contribution in [2.45, 2.75) is 39.2 Å². The highest BCUT2D eigenvalue weighted by Gasteiger charge is 2.57. The number of hydrogen-bond donors (Lipinski definition) is 2. The van der Waals surface area contributed by atoms with Gasteiger partial charge in [0, 0.05) is 18.6 Å². The highest BCUT2D eigenvalue weighted by molar-refractivity contribution is 6.13. The van der Waals surface area contributed by atoms with Crippen LogP contribution in [-0.4, -0.2) is 43.7 Å². The number of ether oxygens (including phenoxy) is 1. The molecule has 1 heterocycles. The van der Waals surface area contributed by atoms with E-state index < -0.39 is 5.41 Å². The van der Waals surface area contributed by atoms with Gasteiger partial charge in [0.2, 0.25) is 11.8 Å². The van der Waals surface area contributed by atoms with Crippen LogP contribution in [0.25, 0.3) is 0 Å². The second kappa shape index (κ2) is 6.67. The van der Waals surface area contributed by atoms with Gasteiger partial charge in [-0.3, -0.25) is 9.59 Å². The summed E-state index contributed by atoms with van der Waals surface area (Å²) < 4.78 is 5.40. The first kappa shape index (κ1) is 17.7. The molecule has 0 atom stereocenters. The van der Waals surface area contributed by atoms with Crippen LogP contribution in [0.5, 0.6) is 0 Å². The third-order valence-corrected chi connectivity index (χ3v) is 4.61. The summed E-state index contributed by atoms with van der Waals surface area (Å²) >= 11 is 0. The largest absolute Gasteiger partial charge is 0.378 e. The summed E-state index contributed by atoms with van der Waals surface area (Å²) in [6.07, 6.45) is 1.20. The summed E-state index contributed by atoms with van der Waals surface area (Å²) in [6, 6.07) is 7.74. The van der Waals surface area contributed by atoms with Crippen molar-refractivity contribution >= 4 is 23.2 Å². The molecule has 0 radical (unpaired) electrons. The molecule has 2 N–H and O–H groups in total. The van der Waals surface area contributed by atoms with E-state index in [2.05, 4.69) is 15.5 Å². The van der Waals surface area contributed by atoms with Crippen molar-refractivity contribution in [3.63, 3.8) is 0 Å². The molecule has 6 nitrogen and oxygen atoms in total. The average molecular weight is 345 g/mol. The van der Waals surface area contributed by atoms with Crippen LogP contribution in [0.2, 0.25) is 0 Å². The maximum absolute atomic E-state index is 12.8. The first-order chi connectivity index (χ1) is 11.8. The van der Waals surface area contributed by atoms with Gasteiger partial charge in [0.1, 0.15) is 5.41 Å². The molecule has 0 aromatic heterocycles. The van der Waals surface area contributed by atoms with Crippen LogP contribution in [0.15, 0.2) is 24.3 Å². The lowest BCUT2D eigenvalue weighted by atomic mass is 10.0. The second-order valence-electron chi connectivity index (χ2n) is 7.86. The minimum absolute atomic E-state index is 0.179. The molecule has 1 saturated carbocycles. The monoisotopic (exact) mass is 345 g/mol. The lowest BCUT2D eigenvalue weighted by Crippen LogP contribution is -2.48. The molecule has 2 amide bonds. The minimum atomic E-state index is -0.925. The Bertz CT molecular complexity index is 656. The summed E-state index contributed by atoms with van der Waals surface area (Å²) in [6.45, 7) is 8.72. The minimum Gasteiger partial charge on any atom is -0.378 e. The van der Waals surface area contributed by atoms with Crippen molar-refractivity contribution in [2.24, 2.45) is 5.41 Å². The Balaban J connectivity index is 1.74. The number of anilines is 2. The number of amides is 2. The molecule has 1 aromatic rings. The molecule has 0 spiro atoms. The van der Waals surface area contributed by atoms with E-state index in [9.17, 15) is 9.59 Å². The molecule has 3 rings (SSSR count). The van der Waals surface area contributed by atoms with Crippen molar-refractivity contribution in [1.29, 1.82) is 0 Å². The maximum Gasteiger partial charge on any atom is 0.240 e. The molecule has 2 aliphatic rings. The molecular weight excluding hydrogens is 318 g/mol. The van der Waals surface area contributed by atoms with E-state index in [0.29, 0.717) is 26.1 Å². The highest BCUT2D eigenvalue weighted by atomic mass is 16.5. The fraction of sp³-hybridized carbons (Fsp3) is 0.579. The van der Waals surface area contributed by atoms with Crippen molar-refractivity contribution < 1.29 is 14.3 Å². The SMILES string of the molecule is CC(C)(C)NC(=O)C1(C(=O)Nc2ccccc2N2CCOCC2)CC1. The number of benzene rings is 1. The maximum atomic E-state index is 12.8. The van der Waals surface area contributed by atoms with Crippen LogP contribution in [0, 0.1) is 5.41 Å². The van der Waals surface area contributed by atoms with Crippen LogP contribution in [0.3, 0.4) is 0 Å². The Hall–Kier alpha value is -2.08. The van der Waals surface area contributed by atoms with Gasteiger partial charge in [0.15, 0.2) is 0 Å². The number of morpholine rings is 1. The number of para-hydroxylation sites is 2. The van der Waals surface area contributed by atoms with Gasteiger partial charge >= 0.3 is 0 Å². The predicted molar refractivity (Wildman–Crippen MR) is 97.7 cm³/mol. The van der Waals surface area contributed by atoms with E-state index in [1.165, 1.54) is 0 Å². The first-order valence-electron chi connectivity index (χ1n) is 8.88. The Labute approximate surface area is 148 Å². The number of nitrogens with one attached hydrogen (secondary N) is 2. The van der Waals surface area contributed by atoms with E-state index in [1.807, 2.05) is 45.0 Å². The van der Waals surface area contributed by atoms with Crippen molar-refractivity contribution in [1.82, 2.24) is 5.32 Å². The predicted octanol–water partition coefficient (Wildman–Crippen LogP) is 2.16. The highest BCUT2D eigenvalue weighted by Crippen LogP contribution is 2.47. The molecule has 136 valence electrons. The molecule has 2 fully saturated rings. The number of nitrogens with zero attached hydrogens (tertiary/aromatic N) is 1. The Morgan fingerprint density at radius 1 is 1.08 bits per heavy atom.